The Morgan fingerprint density at radius 1 is 1.35 bits per heavy atom. The number of allylic oxidation sites excluding steroid dienone is 3. The van der Waals surface area contributed by atoms with E-state index in [-0.39, 0.29) is 6.10 Å². The fourth-order valence-corrected chi connectivity index (χ4v) is 2.77. The summed E-state index contributed by atoms with van der Waals surface area (Å²) < 4.78 is 7.64. The fraction of sp³-hybridized carbons (Fsp3) is 0.462. The molecule has 17 heavy (non-hydrogen) atoms. The van der Waals surface area contributed by atoms with Gasteiger partial charge in [-0.3, -0.25) is 4.68 Å². The third-order valence-corrected chi connectivity index (χ3v) is 3.60. The lowest BCUT2D eigenvalue weighted by Gasteiger charge is -2.21. The summed E-state index contributed by atoms with van der Waals surface area (Å²) in [5, 5.41) is 4.24. The summed E-state index contributed by atoms with van der Waals surface area (Å²) in [4.78, 5) is 0. The second kappa shape index (κ2) is 3.95. The zero-order chi connectivity index (χ0) is 11.8. The van der Waals surface area contributed by atoms with Crippen molar-refractivity contribution in [1.82, 2.24) is 9.78 Å². The average Bonchev–Trinajstić information content (AvgIpc) is 2.85. The van der Waals surface area contributed by atoms with Crippen LogP contribution >= 0.6 is 0 Å². The monoisotopic (exact) mass is 231 g/mol. The van der Waals surface area contributed by atoms with Crippen molar-refractivity contribution < 1.29 is 4.74 Å². The lowest BCUT2D eigenvalue weighted by Crippen LogP contribution is -2.24. The molecule has 1 saturated carbocycles. The number of nitrogens with two attached hydrogens (primary N) is 1. The van der Waals surface area contributed by atoms with Crippen LogP contribution in [-0.2, 0) is 7.05 Å². The minimum Gasteiger partial charge on any atom is -0.471 e. The molecule has 2 N–H and O–H groups in total. The molecule has 3 rings (SSSR count). The fourth-order valence-electron chi connectivity index (χ4n) is 2.77. The Kier molecular flexibility index (Phi) is 2.42. The zero-order valence-electron chi connectivity index (χ0n) is 9.91. The average molecular weight is 231 g/mol. The number of nitrogen functional groups attached to an aromatic ring is 1. The second-order valence-electron chi connectivity index (χ2n) is 4.81. The van der Waals surface area contributed by atoms with Crippen molar-refractivity contribution in [3.05, 3.63) is 30.5 Å². The molecule has 1 aromatic heterocycles. The molecule has 0 amide bonds. The third-order valence-electron chi connectivity index (χ3n) is 3.60. The number of nitrogens with zero attached hydrogens (tertiary/aromatic N) is 2. The van der Waals surface area contributed by atoms with E-state index in [1.807, 2.05) is 7.05 Å². The molecule has 2 aliphatic carbocycles. The van der Waals surface area contributed by atoms with Gasteiger partial charge in [-0.1, -0.05) is 24.3 Å². The maximum atomic E-state index is 5.95. The molecular weight excluding hydrogens is 214 g/mol. The highest BCUT2D eigenvalue weighted by molar-refractivity contribution is 5.46. The van der Waals surface area contributed by atoms with Crippen molar-refractivity contribution >= 4 is 5.69 Å². The maximum Gasteiger partial charge on any atom is 0.256 e. The molecule has 1 aromatic rings. The van der Waals surface area contributed by atoms with Crippen LogP contribution < -0.4 is 10.5 Å². The van der Waals surface area contributed by atoms with E-state index in [1.54, 1.807) is 10.9 Å². The van der Waals surface area contributed by atoms with Crippen LogP contribution in [0.1, 0.15) is 12.8 Å². The van der Waals surface area contributed by atoms with Gasteiger partial charge in [0.25, 0.3) is 5.88 Å². The highest BCUT2D eigenvalue weighted by Crippen LogP contribution is 2.38. The number of hydrogen-bond donors (Lipinski definition) is 1. The van der Waals surface area contributed by atoms with E-state index >= 15 is 0 Å². The molecule has 2 aliphatic rings. The molecule has 0 unspecified atom stereocenters. The summed E-state index contributed by atoms with van der Waals surface area (Å²) in [6, 6.07) is 0. The molecule has 3 atom stereocenters. The first-order chi connectivity index (χ1) is 8.24. The summed E-state index contributed by atoms with van der Waals surface area (Å²) in [6.07, 6.45) is 13.0. The van der Waals surface area contributed by atoms with E-state index in [0.29, 0.717) is 23.4 Å². The normalized spacial score (nSPS) is 30.5. The van der Waals surface area contributed by atoms with Gasteiger partial charge in [0.1, 0.15) is 11.8 Å². The third kappa shape index (κ3) is 1.84. The molecule has 0 spiro atoms. The van der Waals surface area contributed by atoms with Crippen LogP contribution in [0.4, 0.5) is 5.69 Å². The van der Waals surface area contributed by atoms with Gasteiger partial charge in [-0.2, -0.15) is 0 Å². The Labute approximate surface area is 101 Å². The smallest absolute Gasteiger partial charge is 0.256 e. The van der Waals surface area contributed by atoms with Crippen LogP contribution in [0.5, 0.6) is 5.88 Å². The predicted molar refractivity (Wildman–Crippen MR) is 66.5 cm³/mol. The summed E-state index contributed by atoms with van der Waals surface area (Å²) in [5.74, 6) is 1.66. The summed E-state index contributed by atoms with van der Waals surface area (Å²) in [7, 11) is 1.85. The standard InChI is InChI=1S/C13H17N3O/c1-16-8-11(14)13(15-16)17-12-7-6-9-4-2-3-5-10(9)12/h2-5,8-10,12H,6-7,14H2,1H3/t9-,10+,12+/m1/s1. The molecule has 0 saturated heterocycles. The summed E-state index contributed by atoms with van der Waals surface area (Å²) >= 11 is 0. The first kappa shape index (κ1) is 10.4. The van der Waals surface area contributed by atoms with E-state index in [9.17, 15) is 0 Å². The number of aromatic nitrogens is 2. The Balaban J connectivity index is 1.76. The quantitative estimate of drug-likeness (QED) is 0.845. The highest BCUT2D eigenvalue weighted by atomic mass is 16.5. The largest absolute Gasteiger partial charge is 0.471 e. The van der Waals surface area contributed by atoms with Crippen LogP contribution in [0.3, 0.4) is 0 Å². The Morgan fingerprint density at radius 2 is 2.18 bits per heavy atom. The van der Waals surface area contributed by atoms with Gasteiger partial charge in [-0.05, 0) is 18.8 Å². The highest BCUT2D eigenvalue weighted by Gasteiger charge is 2.35. The predicted octanol–water partition coefficient (Wildman–Crippen LogP) is 1.90. The molecule has 1 heterocycles. The molecule has 0 aromatic carbocycles. The molecule has 1 fully saturated rings. The van der Waals surface area contributed by atoms with E-state index < -0.39 is 0 Å². The zero-order valence-corrected chi connectivity index (χ0v) is 9.91. The lowest BCUT2D eigenvalue weighted by atomic mass is 9.91. The minimum atomic E-state index is 0.207. The van der Waals surface area contributed by atoms with Crippen LogP contribution in [0.15, 0.2) is 30.5 Å². The molecule has 4 nitrogen and oxygen atoms in total. The molecule has 4 heteroatoms. The van der Waals surface area contributed by atoms with Gasteiger partial charge < -0.3 is 10.5 Å². The lowest BCUT2D eigenvalue weighted by molar-refractivity contribution is 0.165. The van der Waals surface area contributed by atoms with Crippen LogP contribution in [0.25, 0.3) is 0 Å². The minimum absolute atomic E-state index is 0.207. The van der Waals surface area contributed by atoms with Crippen molar-refractivity contribution in [3.8, 4) is 5.88 Å². The molecule has 90 valence electrons. The number of rotatable bonds is 2. The van der Waals surface area contributed by atoms with Crippen molar-refractivity contribution in [2.75, 3.05) is 5.73 Å². The number of fused-ring (bicyclic) bond motifs is 1. The number of ether oxygens (including phenoxy) is 1. The van der Waals surface area contributed by atoms with E-state index in [1.165, 1.54) is 6.42 Å². The van der Waals surface area contributed by atoms with Gasteiger partial charge in [0, 0.05) is 13.0 Å². The van der Waals surface area contributed by atoms with Gasteiger partial charge in [-0.15, -0.1) is 5.10 Å². The van der Waals surface area contributed by atoms with Crippen LogP contribution in [-0.4, -0.2) is 15.9 Å². The Morgan fingerprint density at radius 3 is 2.94 bits per heavy atom. The summed E-state index contributed by atoms with van der Waals surface area (Å²) in [5.41, 5.74) is 6.46. The summed E-state index contributed by atoms with van der Waals surface area (Å²) in [6.45, 7) is 0. The van der Waals surface area contributed by atoms with Gasteiger partial charge >= 0.3 is 0 Å². The number of hydrogen-bond acceptors (Lipinski definition) is 3. The van der Waals surface area contributed by atoms with Crippen molar-refractivity contribution in [2.45, 2.75) is 18.9 Å². The van der Waals surface area contributed by atoms with Crippen molar-refractivity contribution in [1.29, 1.82) is 0 Å². The molecular formula is C13H17N3O. The molecule has 0 radical (unpaired) electrons. The van der Waals surface area contributed by atoms with Gasteiger partial charge in [0.05, 0.1) is 6.20 Å². The van der Waals surface area contributed by atoms with E-state index in [4.69, 9.17) is 10.5 Å². The topological polar surface area (TPSA) is 53.1 Å². The van der Waals surface area contributed by atoms with Gasteiger partial charge in [0.15, 0.2) is 0 Å². The Bertz CT molecular complexity index is 475. The van der Waals surface area contributed by atoms with Crippen molar-refractivity contribution in [2.24, 2.45) is 18.9 Å². The van der Waals surface area contributed by atoms with Gasteiger partial charge in [0.2, 0.25) is 0 Å². The van der Waals surface area contributed by atoms with E-state index in [0.717, 1.165) is 6.42 Å². The van der Waals surface area contributed by atoms with Crippen LogP contribution in [0, 0.1) is 11.8 Å². The number of anilines is 1. The van der Waals surface area contributed by atoms with Crippen molar-refractivity contribution in [3.63, 3.8) is 0 Å². The first-order valence-electron chi connectivity index (χ1n) is 6.05. The second-order valence-corrected chi connectivity index (χ2v) is 4.81. The first-order valence-corrected chi connectivity index (χ1v) is 6.05. The molecule has 0 aliphatic heterocycles. The van der Waals surface area contributed by atoms with E-state index in [2.05, 4.69) is 29.4 Å². The number of aryl methyl sites for hydroxylation is 1. The van der Waals surface area contributed by atoms with Gasteiger partial charge in [-0.25, -0.2) is 0 Å². The van der Waals surface area contributed by atoms with Crippen LogP contribution in [0.2, 0.25) is 0 Å². The SMILES string of the molecule is Cn1cc(N)c(O[C@H]2CC[C@H]3C=CC=C[C@@H]32)n1. The maximum absolute atomic E-state index is 5.95. The Hall–Kier alpha value is -1.71. The molecule has 0 bridgehead atoms.